The summed E-state index contributed by atoms with van der Waals surface area (Å²) in [6, 6.07) is 10.9. The molecule has 1 aliphatic heterocycles. The second-order valence-corrected chi connectivity index (χ2v) is 5.82. The fourth-order valence-electron chi connectivity index (χ4n) is 2.68. The Labute approximate surface area is 140 Å². The van der Waals surface area contributed by atoms with Crippen molar-refractivity contribution in [3.8, 4) is 5.75 Å². The quantitative estimate of drug-likeness (QED) is 0.937. The summed E-state index contributed by atoms with van der Waals surface area (Å²) >= 11 is 0. The number of carbonyl (C=O) groups is 2. The van der Waals surface area contributed by atoms with Crippen molar-refractivity contribution >= 4 is 23.3 Å². The van der Waals surface area contributed by atoms with E-state index < -0.39 is 5.92 Å². The van der Waals surface area contributed by atoms with Gasteiger partial charge in [-0.05, 0) is 30.7 Å². The number of methoxy groups -OCH3 is 1. The van der Waals surface area contributed by atoms with Crippen molar-refractivity contribution in [3.63, 3.8) is 0 Å². The summed E-state index contributed by atoms with van der Waals surface area (Å²) in [5.41, 5.74) is 1.76. The van der Waals surface area contributed by atoms with Gasteiger partial charge in [-0.1, -0.05) is 12.1 Å². The summed E-state index contributed by atoms with van der Waals surface area (Å²) in [6.45, 7) is 2.28. The first-order valence-corrected chi connectivity index (χ1v) is 7.75. The highest BCUT2D eigenvalue weighted by Gasteiger charge is 2.35. The Morgan fingerprint density at radius 2 is 2.17 bits per heavy atom. The normalized spacial score (nSPS) is 17.0. The van der Waals surface area contributed by atoms with Crippen molar-refractivity contribution in [1.29, 1.82) is 0 Å². The van der Waals surface area contributed by atoms with Gasteiger partial charge in [0.05, 0.1) is 13.0 Å². The third-order valence-corrected chi connectivity index (χ3v) is 4.02. The molecule has 0 aliphatic carbocycles. The molecule has 0 saturated carbocycles. The summed E-state index contributed by atoms with van der Waals surface area (Å²) in [7, 11) is 1.58. The second-order valence-electron chi connectivity index (χ2n) is 5.82. The van der Waals surface area contributed by atoms with E-state index in [2.05, 4.69) is 10.3 Å². The van der Waals surface area contributed by atoms with Crippen LogP contribution >= 0.6 is 0 Å². The second kappa shape index (κ2) is 6.70. The first kappa shape index (κ1) is 16.0. The summed E-state index contributed by atoms with van der Waals surface area (Å²) in [4.78, 5) is 30.4. The van der Waals surface area contributed by atoms with E-state index in [0.29, 0.717) is 18.1 Å². The van der Waals surface area contributed by atoms with Crippen LogP contribution < -0.4 is 15.0 Å². The van der Waals surface area contributed by atoms with Gasteiger partial charge in [0.25, 0.3) is 0 Å². The van der Waals surface area contributed by atoms with Crippen LogP contribution in [0.25, 0.3) is 0 Å². The number of hydrogen-bond donors (Lipinski definition) is 1. The topological polar surface area (TPSA) is 71.5 Å². The molecule has 0 spiro atoms. The van der Waals surface area contributed by atoms with Crippen LogP contribution in [0.15, 0.2) is 42.6 Å². The van der Waals surface area contributed by atoms with Crippen LogP contribution in [0.4, 0.5) is 11.5 Å². The van der Waals surface area contributed by atoms with E-state index >= 15 is 0 Å². The zero-order valence-electron chi connectivity index (χ0n) is 13.7. The number of carbonyl (C=O) groups excluding carboxylic acids is 2. The molecular formula is C18H19N3O3. The van der Waals surface area contributed by atoms with Gasteiger partial charge >= 0.3 is 0 Å². The minimum absolute atomic E-state index is 0.0692. The van der Waals surface area contributed by atoms with Crippen LogP contribution in [0.3, 0.4) is 0 Å². The molecule has 6 heteroatoms. The van der Waals surface area contributed by atoms with Crippen molar-refractivity contribution in [2.24, 2.45) is 5.92 Å². The number of amides is 2. The smallest absolute Gasteiger partial charge is 0.230 e. The van der Waals surface area contributed by atoms with Crippen LogP contribution in [-0.4, -0.2) is 30.5 Å². The molecule has 1 fully saturated rings. The molecule has 0 radical (unpaired) electrons. The lowest BCUT2D eigenvalue weighted by Crippen LogP contribution is -2.28. The van der Waals surface area contributed by atoms with Gasteiger partial charge in [0.2, 0.25) is 11.8 Å². The Bertz CT molecular complexity index is 758. The van der Waals surface area contributed by atoms with Crippen molar-refractivity contribution < 1.29 is 14.3 Å². The number of pyridine rings is 1. The molecule has 1 aliphatic rings. The van der Waals surface area contributed by atoms with E-state index in [1.165, 1.54) is 0 Å². The number of nitrogens with zero attached hydrogens (tertiary/aromatic N) is 2. The predicted octanol–water partition coefficient (Wildman–Crippen LogP) is 2.39. The summed E-state index contributed by atoms with van der Waals surface area (Å²) < 4.78 is 5.19. The van der Waals surface area contributed by atoms with Gasteiger partial charge in [0.15, 0.2) is 0 Å². The zero-order valence-corrected chi connectivity index (χ0v) is 13.7. The van der Waals surface area contributed by atoms with Crippen molar-refractivity contribution in [2.45, 2.75) is 13.3 Å². The van der Waals surface area contributed by atoms with Crippen LogP contribution in [0.2, 0.25) is 0 Å². The minimum atomic E-state index is -0.396. The molecular weight excluding hydrogens is 306 g/mol. The Morgan fingerprint density at radius 3 is 2.88 bits per heavy atom. The molecule has 1 saturated heterocycles. The van der Waals surface area contributed by atoms with Gasteiger partial charge in [0, 0.05) is 30.9 Å². The molecule has 0 bridgehead atoms. The first-order chi connectivity index (χ1) is 11.6. The summed E-state index contributed by atoms with van der Waals surface area (Å²) in [5.74, 6) is 0.520. The lowest BCUT2D eigenvalue weighted by molar-refractivity contribution is -0.122. The molecule has 1 aromatic carbocycles. The van der Waals surface area contributed by atoms with Crippen molar-refractivity contribution in [2.75, 3.05) is 23.9 Å². The SMILES string of the molecule is COc1cccc(N2C[C@@H](C(=O)Nc3ccc(C)cn3)CC2=O)c1. The number of anilines is 2. The Morgan fingerprint density at radius 1 is 1.33 bits per heavy atom. The van der Waals surface area contributed by atoms with Gasteiger partial charge in [-0.15, -0.1) is 0 Å². The lowest BCUT2D eigenvalue weighted by atomic mass is 10.1. The summed E-state index contributed by atoms with van der Waals surface area (Å²) in [5, 5.41) is 2.77. The number of aryl methyl sites for hydroxylation is 1. The minimum Gasteiger partial charge on any atom is -0.497 e. The highest BCUT2D eigenvalue weighted by molar-refractivity contribution is 6.03. The lowest BCUT2D eigenvalue weighted by Gasteiger charge is -2.17. The molecule has 1 atom stereocenters. The van der Waals surface area contributed by atoms with Gasteiger partial charge in [0.1, 0.15) is 11.6 Å². The van der Waals surface area contributed by atoms with Gasteiger partial charge in [-0.3, -0.25) is 9.59 Å². The molecule has 0 unspecified atom stereocenters. The van der Waals surface area contributed by atoms with E-state index in [1.54, 1.807) is 30.3 Å². The number of aromatic nitrogens is 1. The van der Waals surface area contributed by atoms with Crippen LogP contribution in [0, 0.1) is 12.8 Å². The highest BCUT2D eigenvalue weighted by Crippen LogP contribution is 2.28. The number of rotatable bonds is 4. The van der Waals surface area contributed by atoms with Gasteiger partial charge in [-0.2, -0.15) is 0 Å². The molecule has 6 nitrogen and oxygen atoms in total. The highest BCUT2D eigenvalue weighted by atomic mass is 16.5. The number of ether oxygens (including phenoxy) is 1. The third kappa shape index (κ3) is 3.37. The maximum atomic E-state index is 12.4. The fourth-order valence-corrected chi connectivity index (χ4v) is 2.68. The van der Waals surface area contributed by atoms with E-state index in [1.807, 2.05) is 31.2 Å². The maximum absolute atomic E-state index is 12.4. The molecule has 2 aromatic rings. The number of nitrogens with one attached hydrogen (secondary N) is 1. The molecule has 2 heterocycles. The fraction of sp³-hybridized carbons (Fsp3) is 0.278. The van der Waals surface area contributed by atoms with Crippen LogP contribution in [0.1, 0.15) is 12.0 Å². The van der Waals surface area contributed by atoms with Crippen molar-refractivity contribution in [1.82, 2.24) is 4.98 Å². The molecule has 2 amide bonds. The monoisotopic (exact) mass is 325 g/mol. The maximum Gasteiger partial charge on any atom is 0.230 e. The Balaban J connectivity index is 1.69. The van der Waals surface area contributed by atoms with Crippen LogP contribution in [-0.2, 0) is 9.59 Å². The molecule has 1 aromatic heterocycles. The van der Waals surface area contributed by atoms with E-state index in [-0.39, 0.29) is 18.2 Å². The summed E-state index contributed by atoms with van der Waals surface area (Å²) in [6.07, 6.45) is 1.88. The Hall–Kier alpha value is -2.89. The number of benzene rings is 1. The average Bonchev–Trinajstić information content (AvgIpc) is 2.99. The number of hydrogen-bond acceptors (Lipinski definition) is 4. The zero-order chi connectivity index (χ0) is 17.1. The predicted molar refractivity (Wildman–Crippen MR) is 91.1 cm³/mol. The molecule has 24 heavy (non-hydrogen) atoms. The first-order valence-electron chi connectivity index (χ1n) is 7.75. The van der Waals surface area contributed by atoms with E-state index in [9.17, 15) is 9.59 Å². The van der Waals surface area contributed by atoms with E-state index in [0.717, 1.165) is 11.3 Å². The standard InChI is InChI=1S/C18H19N3O3/c1-12-6-7-16(19-10-12)20-18(23)13-8-17(22)21(11-13)14-4-3-5-15(9-14)24-2/h3-7,9-10,13H,8,11H2,1-2H3,(H,19,20,23)/t13-/m0/s1. The van der Waals surface area contributed by atoms with Gasteiger partial charge < -0.3 is 15.0 Å². The van der Waals surface area contributed by atoms with Crippen LogP contribution in [0.5, 0.6) is 5.75 Å². The van der Waals surface area contributed by atoms with E-state index in [4.69, 9.17) is 4.74 Å². The largest absolute Gasteiger partial charge is 0.497 e. The molecule has 124 valence electrons. The Kier molecular flexibility index (Phi) is 4.46. The third-order valence-electron chi connectivity index (χ3n) is 4.02. The van der Waals surface area contributed by atoms with Gasteiger partial charge in [-0.25, -0.2) is 4.98 Å². The van der Waals surface area contributed by atoms with Crippen molar-refractivity contribution in [3.05, 3.63) is 48.2 Å². The average molecular weight is 325 g/mol. The molecule has 3 rings (SSSR count). The molecule has 1 N–H and O–H groups in total.